The summed E-state index contributed by atoms with van der Waals surface area (Å²) < 4.78 is 4.48. The van der Waals surface area contributed by atoms with Crippen molar-refractivity contribution < 1.29 is 9.53 Å². The lowest BCUT2D eigenvalue weighted by Gasteiger charge is -2.03. The van der Waals surface area contributed by atoms with E-state index < -0.39 is 0 Å². The summed E-state index contributed by atoms with van der Waals surface area (Å²) >= 11 is 0. The Kier molecular flexibility index (Phi) is 3.66. The molecule has 1 heterocycles. The highest BCUT2D eigenvalue weighted by Crippen LogP contribution is 2.04. The number of nitrogens with zero attached hydrogens (tertiary/aromatic N) is 2. The first-order valence-corrected chi connectivity index (χ1v) is 4.10. The molecule has 76 valence electrons. The molecule has 0 amide bonds. The number of hydrogen-bond donors (Lipinski definition) is 2. The van der Waals surface area contributed by atoms with E-state index in [4.69, 9.17) is 5.73 Å². The number of carbonyl (C=O) groups is 1. The van der Waals surface area contributed by atoms with E-state index in [9.17, 15) is 4.79 Å². The van der Waals surface area contributed by atoms with Crippen molar-refractivity contribution in [3.8, 4) is 0 Å². The molecule has 0 bridgehead atoms. The van der Waals surface area contributed by atoms with Crippen LogP contribution in [0, 0.1) is 0 Å². The summed E-state index contributed by atoms with van der Waals surface area (Å²) in [6.45, 7) is 0.461. The molecule has 1 rings (SSSR count). The standard InChI is InChI=1S/C8H12N4O2/c1-14-8(13)2-3-10-7-4-6(9)11-5-12-7/h4-5H,2-3H2,1H3,(H3,9,10,11,12). The number of ether oxygens (including phenoxy) is 1. The van der Waals surface area contributed by atoms with Gasteiger partial charge in [-0.2, -0.15) is 0 Å². The summed E-state index contributed by atoms with van der Waals surface area (Å²) in [5.41, 5.74) is 5.43. The summed E-state index contributed by atoms with van der Waals surface area (Å²) in [6.07, 6.45) is 1.65. The molecule has 0 radical (unpaired) electrons. The number of anilines is 2. The average molecular weight is 196 g/mol. The summed E-state index contributed by atoms with van der Waals surface area (Å²) in [5, 5.41) is 2.92. The van der Waals surface area contributed by atoms with Gasteiger partial charge < -0.3 is 15.8 Å². The third-order valence-electron chi connectivity index (χ3n) is 1.55. The topological polar surface area (TPSA) is 90.1 Å². The first kappa shape index (κ1) is 10.2. The van der Waals surface area contributed by atoms with Crippen molar-refractivity contribution in [3.63, 3.8) is 0 Å². The number of aromatic nitrogens is 2. The SMILES string of the molecule is COC(=O)CCNc1cc(N)ncn1. The first-order chi connectivity index (χ1) is 6.72. The predicted molar refractivity (Wildman–Crippen MR) is 51.6 cm³/mol. The predicted octanol–water partition coefficient (Wildman–Crippen LogP) is 0.0338. The fraction of sp³-hybridized carbons (Fsp3) is 0.375. The molecule has 0 atom stereocenters. The Hall–Kier alpha value is -1.85. The van der Waals surface area contributed by atoms with E-state index in [0.717, 1.165) is 0 Å². The van der Waals surface area contributed by atoms with Gasteiger partial charge in [0, 0.05) is 12.6 Å². The zero-order valence-corrected chi connectivity index (χ0v) is 7.86. The second-order valence-corrected chi connectivity index (χ2v) is 2.58. The van der Waals surface area contributed by atoms with Gasteiger partial charge in [-0.3, -0.25) is 4.79 Å². The Bertz CT molecular complexity index is 316. The van der Waals surface area contributed by atoms with E-state index in [-0.39, 0.29) is 5.97 Å². The normalized spacial score (nSPS) is 9.50. The third kappa shape index (κ3) is 3.26. The van der Waals surface area contributed by atoms with Crippen molar-refractivity contribution in [2.45, 2.75) is 6.42 Å². The Labute approximate surface area is 81.5 Å². The van der Waals surface area contributed by atoms with Crippen LogP contribution in [-0.4, -0.2) is 29.6 Å². The molecule has 1 aromatic heterocycles. The maximum atomic E-state index is 10.7. The fourth-order valence-corrected chi connectivity index (χ4v) is 0.864. The van der Waals surface area contributed by atoms with Crippen LogP contribution < -0.4 is 11.1 Å². The molecule has 0 fully saturated rings. The van der Waals surface area contributed by atoms with Gasteiger partial charge in [0.05, 0.1) is 13.5 Å². The van der Waals surface area contributed by atoms with Crippen molar-refractivity contribution in [2.24, 2.45) is 0 Å². The maximum absolute atomic E-state index is 10.7. The molecular weight excluding hydrogens is 184 g/mol. The molecule has 0 spiro atoms. The van der Waals surface area contributed by atoms with Crippen molar-refractivity contribution in [2.75, 3.05) is 24.7 Å². The minimum atomic E-state index is -0.264. The van der Waals surface area contributed by atoms with Gasteiger partial charge >= 0.3 is 5.97 Å². The summed E-state index contributed by atoms with van der Waals surface area (Å²) in [6, 6.07) is 1.59. The van der Waals surface area contributed by atoms with E-state index in [1.54, 1.807) is 6.07 Å². The Morgan fingerprint density at radius 2 is 2.43 bits per heavy atom. The Balaban J connectivity index is 2.35. The van der Waals surface area contributed by atoms with Crippen molar-refractivity contribution in [1.29, 1.82) is 0 Å². The van der Waals surface area contributed by atoms with E-state index in [0.29, 0.717) is 24.6 Å². The van der Waals surface area contributed by atoms with Gasteiger partial charge in [0.25, 0.3) is 0 Å². The molecule has 6 nitrogen and oxygen atoms in total. The zero-order chi connectivity index (χ0) is 10.4. The van der Waals surface area contributed by atoms with Crippen molar-refractivity contribution >= 4 is 17.6 Å². The maximum Gasteiger partial charge on any atom is 0.307 e. The summed E-state index contributed by atoms with van der Waals surface area (Å²) in [4.78, 5) is 18.4. The highest BCUT2D eigenvalue weighted by molar-refractivity contribution is 5.69. The van der Waals surface area contributed by atoms with Gasteiger partial charge in [-0.1, -0.05) is 0 Å². The van der Waals surface area contributed by atoms with Gasteiger partial charge in [-0.25, -0.2) is 9.97 Å². The van der Waals surface area contributed by atoms with Gasteiger partial charge in [0.1, 0.15) is 18.0 Å². The smallest absolute Gasteiger partial charge is 0.307 e. The largest absolute Gasteiger partial charge is 0.469 e. The third-order valence-corrected chi connectivity index (χ3v) is 1.55. The zero-order valence-electron chi connectivity index (χ0n) is 7.86. The van der Waals surface area contributed by atoms with Gasteiger partial charge in [0.15, 0.2) is 0 Å². The number of rotatable bonds is 4. The van der Waals surface area contributed by atoms with Crippen molar-refractivity contribution in [3.05, 3.63) is 12.4 Å². The Morgan fingerprint density at radius 3 is 3.07 bits per heavy atom. The van der Waals surface area contributed by atoms with E-state index in [2.05, 4.69) is 20.0 Å². The molecule has 0 saturated heterocycles. The van der Waals surface area contributed by atoms with Crippen LogP contribution in [0.4, 0.5) is 11.6 Å². The monoisotopic (exact) mass is 196 g/mol. The van der Waals surface area contributed by atoms with Crippen LogP contribution >= 0.6 is 0 Å². The van der Waals surface area contributed by atoms with Crippen LogP contribution in [0.25, 0.3) is 0 Å². The number of esters is 1. The molecule has 6 heteroatoms. The number of hydrogen-bond acceptors (Lipinski definition) is 6. The highest BCUT2D eigenvalue weighted by Gasteiger charge is 2.00. The van der Waals surface area contributed by atoms with E-state index in [1.165, 1.54) is 13.4 Å². The number of nitrogens with one attached hydrogen (secondary N) is 1. The molecule has 0 unspecified atom stereocenters. The second-order valence-electron chi connectivity index (χ2n) is 2.58. The van der Waals surface area contributed by atoms with Crippen LogP contribution in [0.2, 0.25) is 0 Å². The lowest BCUT2D eigenvalue weighted by atomic mass is 10.4. The lowest BCUT2D eigenvalue weighted by molar-refractivity contribution is -0.140. The average Bonchev–Trinajstić information content (AvgIpc) is 2.17. The lowest BCUT2D eigenvalue weighted by Crippen LogP contribution is -2.10. The number of nitrogens with two attached hydrogens (primary N) is 1. The van der Waals surface area contributed by atoms with Crippen LogP contribution in [-0.2, 0) is 9.53 Å². The molecule has 0 aliphatic heterocycles. The second kappa shape index (κ2) is 5.00. The molecule has 0 aromatic carbocycles. The highest BCUT2D eigenvalue weighted by atomic mass is 16.5. The van der Waals surface area contributed by atoms with Gasteiger partial charge in [-0.15, -0.1) is 0 Å². The molecule has 0 aliphatic carbocycles. The number of nitrogen functional groups attached to an aromatic ring is 1. The molecule has 3 N–H and O–H groups in total. The molecule has 0 aliphatic rings. The Morgan fingerprint density at radius 1 is 1.64 bits per heavy atom. The number of methoxy groups -OCH3 is 1. The van der Waals surface area contributed by atoms with Gasteiger partial charge in [-0.05, 0) is 0 Å². The molecular formula is C8H12N4O2. The summed E-state index contributed by atoms with van der Waals surface area (Å²) in [7, 11) is 1.35. The first-order valence-electron chi connectivity index (χ1n) is 4.10. The van der Waals surface area contributed by atoms with Gasteiger partial charge in [0.2, 0.25) is 0 Å². The quantitative estimate of drug-likeness (QED) is 0.660. The van der Waals surface area contributed by atoms with Crippen LogP contribution in [0.3, 0.4) is 0 Å². The summed E-state index contributed by atoms with van der Waals surface area (Å²) in [5.74, 6) is 0.724. The molecule has 1 aromatic rings. The molecule has 14 heavy (non-hydrogen) atoms. The minimum absolute atomic E-state index is 0.264. The van der Waals surface area contributed by atoms with Crippen molar-refractivity contribution in [1.82, 2.24) is 9.97 Å². The van der Waals surface area contributed by atoms with Crippen LogP contribution in [0.15, 0.2) is 12.4 Å². The fourth-order valence-electron chi connectivity index (χ4n) is 0.864. The van der Waals surface area contributed by atoms with Crippen LogP contribution in [0.1, 0.15) is 6.42 Å². The number of carbonyl (C=O) groups excluding carboxylic acids is 1. The minimum Gasteiger partial charge on any atom is -0.469 e. The van der Waals surface area contributed by atoms with E-state index in [1.807, 2.05) is 0 Å². The van der Waals surface area contributed by atoms with Crippen LogP contribution in [0.5, 0.6) is 0 Å². The molecule has 0 saturated carbocycles. The van der Waals surface area contributed by atoms with E-state index >= 15 is 0 Å².